The second-order valence-electron chi connectivity index (χ2n) is 4.95. The molecule has 1 aromatic carbocycles. The van der Waals surface area contributed by atoms with Gasteiger partial charge in [0, 0.05) is 23.8 Å². The Hall–Kier alpha value is -1.88. The van der Waals surface area contributed by atoms with Crippen LogP contribution in [0.5, 0.6) is 0 Å². The summed E-state index contributed by atoms with van der Waals surface area (Å²) in [5.74, 6) is 1.51. The van der Waals surface area contributed by atoms with Crippen molar-refractivity contribution in [1.82, 2.24) is 10.1 Å². The van der Waals surface area contributed by atoms with Crippen molar-refractivity contribution >= 4 is 5.69 Å². The smallest absolute Gasteiger partial charge is 0.258 e. The normalized spacial score (nSPS) is 19.5. The van der Waals surface area contributed by atoms with Crippen LogP contribution >= 0.6 is 0 Å². The minimum Gasteiger partial charge on any atom is -0.399 e. The van der Waals surface area contributed by atoms with Crippen LogP contribution in [-0.4, -0.2) is 23.4 Å². The molecule has 3 rings (SSSR count). The van der Waals surface area contributed by atoms with E-state index in [4.69, 9.17) is 15.0 Å². The fourth-order valence-corrected chi connectivity index (χ4v) is 2.32. The van der Waals surface area contributed by atoms with Gasteiger partial charge in [0.05, 0.1) is 6.61 Å². The molecule has 1 unspecified atom stereocenters. The van der Waals surface area contributed by atoms with Crippen LogP contribution in [0.1, 0.15) is 30.1 Å². The van der Waals surface area contributed by atoms with E-state index in [0.29, 0.717) is 18.2 Å². The van der Waals surface area contributed by atoms with Crippen molar-refractivity contribution in [2.75, 3.05) is 18.9 Å². The lowest BCUT2D eigenvalue weighted by Gasteiger charge is -2.18. The quantitative estimate of drug-likeness (QED) is 0.839. The Balaban J connectivity index is 1.89. The molecular weight excluding hydrogens is 242 g/mol. The van der Waals surface area contributed by atoms with Crippen molar-refractivity contribution in [2.45, 2.75) is 25.7 Å². The lowest BCUT2D eigenvalue weighted by molar-refractivity contribution is 0.0773. The van der Waals surface area contributed by atoms with Crippen LogP contribution in [0.4, 0.5) is 5.69 Å². The Morgan fingerprint density at radius 3 is 3.05 bits per heavy atom. The average molecular weight is 259 g/mol. The lowest BCUT2D eigenvalue weighted by Crippen LogP contribution is -2.16. The SMILES string of the molecule is Cc1ccc(N)cc1-c1nc(C2CCCOC2)no1. The number of aromatic nitrogens is 2. The molecule has 1 fully saturated rings. The first kappa shape index (κ1) is 12.2. The molecule has 5 heteroatoms. The molecule has 2 heterocycles. The number of nitrogens with zero attached hydrogens (tertiary/aromatic N) is 2. The van der Waals surface area contributed by atoms with Gasteiger partial charge in [-0.1, -0.05) is 11.2 Å². The highest BCUT2D eigenvalue weighted by Crippen LogP contribution is 2.28. The second-order valence-corrected chi connectivity index (χ2v) is 4.95. The van der Waals surface area contributed by atoms with Gasteiger partial charge in [-0.05, 0) is 37.5 Å². The highest BCUT2D eigenvalue weighted by molar-refractivity contribution is 5.63. The van der Waals surface area contributed by atoms with E-state index in [1.807, 2.05) is 25.1 Å². The van der Waals surface area contributed by atoms with Crippen molar-refractivity contribution in [3.05, 3.63) is 29.6 Å². The van der Waals surface area contributed by atoms with E-state index in [-0.39, 0.29) is 5.92 Å². The number of nitrogen functional groups attached to an aromatic ring is 1. The lowest BCUT2D eigenvalue weighted by atomic mass is 10.0. The molecule has 0 spiro atoms. The first-order valence-electron chi connectivity index (χ1n) is 6.52. The van der Waals surface area contributed by atoms with Crippen LogP contribution in [0.2, 0.25) is 0 Å². The van der Waals surface area contributed by atoms with Gasteiger partial charge in [-0.15, -0.1) is 0 Å². The molecule has 0 radical (unpaired) electrons. The van der Waals surface area contributed by atoms with E-state index in [1.165, 1.54) is 0 Å². The summed E-state index contributed by atoms with van der Waals surface area (Å²) >= 11 is 0. The second kappa shape index (κ2) is 5.01. The molecule has 1 saturated heterocycles. The first-order chi connectivity index (χ1) is 9.24. The third-order valence-electron chi connectivity index (χ3n) is 3.46. The van der Waals surface area contributed by atoms with Crippen molar-refractivity contribution in [1.29, 1.82) is 0 Å². The Labute approximate surface area is 111 Å². The van der Waals surface area contributed by atoms with Gasteiger partial charge in [0.15, 0.2) is 5.82 Å². The van der Waals surface area contributed by atoms with Crippen molar-refractivity contribution in [3.8, 4) is 11.5 Å². The predicted molar refractivity (Wildman–Crippen MR) is 71.7 cm³/mol. The summed E-state index contributed by atoms with van der Waals surface area (Å²) in [6, 6.07) is 5.69. The zero-order chi connectivity index (χ0) is 13.2. The molecule has 1 aliphatic heterocycles. The number of benzene rings is 1. The minimum atomic E-state index is 0.243. The van der Waals surface area contributed by atoms with Gasteiger partial charge in [-0.2, -0.15) is 4.98 Å². The number of anilines is 1. The Morgan fingerprint density at radius 2 is 2.26 bits per heavy atom. The maximum atomic E-state index is 5.80. The summed E-state index contributed by atoms with van der Waals surface area (Å²) in [7, 11) is 0. The maximum absolute atomic E-state index is 5.80. The summed E-state index contributed by atoms with van der Waals surface area (Å²) in [5.41, 5.74) is 8.47. The third kappa shape index (κ3) is 2.46. The first-order valence-corrected chi connectivity index (χ1v) is 6.52. The van der Waals surface area contributed by atoms with Gasteiger partial charge < -0.3 is 15.0 Å². The fraction of sp³-hybridized carbons (Fsp3) is 0.429. The average Bonchev–Trinajstić information content (AvgIpc) is 2.92. The largest absolute Gasteiger partial charge is 0.399 e. The number of aryl methyl sites for hydroxylation is 1. The molecule has 5 nitrogen and oxygen atoms in total. The van der Waals surface area contributed by atoms with Crippen molar-refractivity contribution in [2.24, 2.45) is 0 Å². The van der Waals surface area contributed by atoms with Crippen LogP contribution in [0.15, 0.2) is 22.7 Å². The molecule has 0 aliphatic carbocycles. The molecular formula is C14H17N3O2. The standard InChI is InChI=1S/C14H17N3O2/c1-9-4-5-11(15)7-12(9)14-16-13(17-19-14)10-3-2-6-18-8-10/h4-5,7,10H,2-3,6,8,15H2,1H3. The van der Waals surface area contributed by atoms with Gasteiger partial charge in [-0.3, -0.25) is 0 Å². The zero-order valence-electron chi connectivity index (χ0n) is 10.9. The fourth-order valence-electron chi connectivity index (χ4n) is 2.32. The van der Waals surface area contributed by atoms with Crippen LogP contribution in [0, 0.1) is 6.92 Å². The van der Waals surface area contributed by atoms with E-state index in [9.17, 15) is 0 Å². The molecule has 1 aliphatic rings. The van der Waals surface area contributed by atoms with Gasteiger partial charge >= 0.3 is 0 Å². The molecule has 1 atom stereocenters. The number of rotatable bonds is 2. The van der Waals surface area contributed by atoms with E-state index in [2.05, 4.69) is 10.1 Å². The minimum absolute atomic E-state index is 0.243. The molecule has 0 amide bonds. The third-order valence-corrected chi connectivity index (χ3v) is 3.46. The van der Waals surface area contributed by atoms with Gasteiger partial charge in [0.25, 0.3) is 5.89 Å². The molecule has 19 heavy (non-hydrogen) atoms. The van der Waals surface area contributed by atoms with E-state index >= 15 is 0 Å². The maximum Gasteiger partial charge on any atom is 0.258 e. The summed E-state index contributed by atoms with van der Waals surface area (Å²) < 4.78 is 10.8. The topological polar surface area (TPSA) is 74.2 Å². The Kier molecular flexibility index (Phi) is 3.21. The van der Waals surface area contributed by atoms with Crippen molar-refractivity contribution in [3.63, 3.8) is 0 Å². The number of hydrogen-bond donors (Lipinski definition) is 1. The van der Waals surface area contributed by atoms with Gasteiger partial charge in [-0.25, -0.2) is 0 Å². The number of hydrogen-bond acceptors (Lipinski definition) is 5. The van der Waals surface area contributed by atoms with Gasteiger partial charge in [0.2, 0.25) is 0 Å². The monoisotopic (exact) mass is 259 g/mol. The molecule has 0 saturated carbocycles. The van der Waals surface area contributed by atoms with E-state index in [1.54, 1.807) is 0 Å². The highest BCUT2D eigenvalue weighted by Gasteiger charge is 2.22. The van der Waals surface area contributed by atoms with Gasteiger partial charge in [0.1, 0.15) is 0 Å². The molecule has 0 bridgehead atoms. The van der Waals surface area contributed by atoms with E-state index in [0.717, 1.165) is 36.4 Å². The van der Waals surface area contributed by atoms with Crippen LogP contribution in [0.3, 0.4) is 0 Å². The predicted octanol–water partition coefficient (Wildman–Crippen LogP) is 2.52. The molecule has 2 aromatic rings. The Bertz CT molecular complexity index is 574. The number of ether oxygens (including phenoxy) is 1. The summed E-state index contributed by atoms with van der Waals surface area (Å²) in [4.78, 5) is 4.49. The van der Waals surface area contributed by atoms with Crippen LogP contribution < -0.4 is 5.73 Å². The van der Waals surface area contributed by atoms with E-state index < -0.39 is 0 Å². The zero-order valence-corrected chi connectivity index (χ0v) is 10.9. The van der Waals surface area contributed by atoms with Crippen molar-refractivity contribution < 1.29 is 9.26 Å². The molecule has 2 N–H and O–H groups in total. The Morgan fingerprint density at radius 1 is 1.37 bits per heavy atom. The summed E-state index contributed by atoms with van der Waals surface area (Å²) in [6.45, 7) is 3.51. The summed E-state index contributed by atoms with van der Waals surface area (Å²) in [5, 5.41) is 4.08. The van der Waals surface area contributed by atoms with Crippen LogP contribution in [-0.2, 0) is 4.74 Å². The van der Waals surface area contributed by atoms with Crippen LogP contribution in [0.25, 0.3) is 11.5 Å². The number of nitrogens with two attached hydrogens (primary N) is 1. The summed E-state index contributed by atoms with van der Waals surface area (Å²) in [6.07, 6.45) is 2.10. The molecule has 1 aromatic heterocycles. The highest BCUT2D eigenvalue weighted by atomic mass is 16.5. The molecule has 100 valence electrons.